The third kappa shape index (κ3) is 4.18. The zero-order valence-electron chi connectivity index (χ0n) is 14.8. The lowest BCUT2D eigenvalue weighted by atomic mass is 10.1. The van der Waals surface area contributed by atoms with Gasteiger partial charge in [-0.15, -0.1) is 0 Å². The lowest BCUT2D eigenvalue weighted by molar-refractivity contribution is 0.0997. The van der Waals surface area contributed by atoms with Crippen molar-refractivity contribution in [2.75, 3.05) is 13.7 Å². The highest BCUT2D eigenvalue weighted by molar-refractivity contribution is 7.89. The lowest BCUT2D eigenvalue weighted by Gasteiger charge is -2.05. The van der Waals surface area contributed by atoms with E-state index in [1.165, 1.54) is 35.6 Å². The van der Waals surface area contributed by atoms with Gasteiger partial charge in [-0.25, -0.2) is 13.6 Å². The fraction of sp³-hybridized carbons (Fsp3) is 0.167. The maximum atomic E-state index is 12.5. The highest BCUT2D eigenvalue weighted by Crippen LogP contribution is 2.21. The summed E-state index contributed by atoms with van der Waals surface area (Å²) in [5.41, 5.74) is 1.52. The van der Waals surface area contributed by atoms with Crippen LogP contribution in [0.15, 0.2) is 52.4 Å². The molecule has 1 heterocycles. The van der Waals surface area contributed by atoms with Crippen LogP contribution in [0.25, 0.3) is 10.2 Å². The number of thiazole rings is 1. The number of methoxy groups -OCH3 is 1. The maximum absolute atomic E-state index is 12.5. The molecule has 10 heteroatoms. The summed E-state index contributed by atoms with van der Waals surface area (Å²) in [7, 11) is -2.28. The highest BCUT2D eigenvalue weighted by atomic mass is 32.2. The fourth-order valence-electron chi connectivity index (χ4n) is 2.55. The van der Waals surface area contributed by atoms with Crippen LogP contribution in [0.3, 0.4) is 0 Å². The Labute approximate surface area is 165 Å². The lowest BCUT2D eigenvalue weighted by Crippen LogP contribution is -2.19. The number of amides is 1. The summed E-state index contributed by atoms with van der Waals surface area (Å²) in [6.45, 7) is 0.825. The number of rotatable bonds is 5. The van der Waals surface area contributed by atoms with Crippen molar-refractivity contribution in [1.29, 1.82) is 5.26 Å². The third-order valence-electron chi connectivity index (χ3n) is 3.96. The number of benzene rings is 2. The minimum atomic E-state index is -3.84. The molecule has 0 saturated carbocycles. The number of nitrogens with zero attached hydrogens (tertiary/aromatic N) is 3. The van der Waals surface area contributed by atoms with E-state index in [0.717, 1.165) is 5.52 Å². The first-order valence-corrected chi connectivity index (χ1v) is 10.4. The Morgan fingerprint density at radius 3 is 2.61 bits per heavy atom. The first-order valence-electron chi connectivity index (χ1n) is 8.08. The number of hydrogen-bond acceptors (Lipinski definition) is 6. The summed E-state index contributed by atoms with van der Waals surface area (Å²) in [5, 5.41) is 14.1. The van der Waals surface area contributed by atoms with Gasteiger partial charge in [0.25, 0.3) is 5.91 Å². The number of carbonyl (C=O) groups is 1. The van der Waals surface area contributed by atoms with Gasteiger partial charge in [0.15, 0.2) is 4.80 Å². The molecule has 0 atom stereocenters. The van der Waals surface area contributed by atoms with Crippen LogP contribution in [-0.2, 0) is 21.3 Å². The van der Waals surface area contributed by atoms with Gasteiger partial charge >= 0.3 is 0 Å². The van der Waals surface area contributed by atoms with Crippen LogP contribution in [-0.4, -0.2) is 32.6 Å². The van der Waals surface area contributed by atoms with Crippen LogP contribution < -0.4 is 9.94 Å². The second kappa shape index (κ2) is 8.04. The molecule has 0 aliphatic rings. The van der Waals surface area contributed by atoms with E-state index in [9.17, 15) is 13.2 Å². The number of carbonyl (C=O) groups excluding carboxylic acids is 1. The van der Waals surface area contributed by atoms with Gasteiger partial charge in [-0.1, -0.05) is 11.3 Å². The molecule has 2 aromatic carbocycles. The predicted molar refractivity (Wildman–Crippen MR) is 104 cm³/mol. The standard InChI is InChI=1S/C18H16N4O4S2/c1-26-9-8-22-15-7-6-14(28(20,24)25)10-16(15)27-18(22)21-17(23)13-4-2-12(11-19)3-5-13/h2-7,10H,8-9H2,1H3,(H2,20,24,25). The number of nitrogens with two attached hydrogens (primary N) is 1. The van der Waals surface area contributed by atoms with Crippen molar-refractivity contribution < 1.29 is 17.9 Å². The SMILES string of the molecule is COCCn1c(=NC(=O)c2ccc(C#N)cc2)sc2cc(S(N)(=O)=O)ccc21. The minimum absolute atomic E-state index is 0.00916. The van der Waals surface area contributed by atoms with E-state index in [-0.39, 0.29) is 4.90 Å². The fourth-order valence-corrected chi connectivity index (χ4v) is 4.26. The van der Waals surface area contributed by atoms with Crippen molar-refractivity contribution in [2.24, 2.45) is 10.1 Å². The zero-order valence-corrected chi connectivity index (χ0v) is 16.5. The number of hydrogen-bond donors (Lipinski definition) is 1. The van der Waals surface area contributed by atoms with E-state index < -0.39 is 15.9 Å². The van der Waals surface area contributed by atoms with Gasteiger partial charge in [0.05, 0.1) is 33.4 Å². The van der Waals surface area contributed by atoms with Crippen LogP contribution in [0, 0.1) is 11.3 Å². The van der Waals surface area contributed by atoms with E-state index in [1.54, 1.807) is 29.9 Å². The molecule has 28 heavy (non-hydrogen) atoms. The van der Waals surface area contributed by atoms with E-state index in [4.69, 9.17) is 15.1 Å². The van der Waals surface area contributed by atoms with Gasteiger partial charge < -0.3 is 9.30 Å². The number of aromatic nitrogens is 1. The number of ether oxygens (including phenoxy) is 1. The highest BCUT2D eigenvalue weighted by Gasteiger charge is 2.13. The Bertz CT molecular complexity index is 1250. The summed E-state index contributed by atoms with van der Waals surface area (Å²) in [6.07, 6.45) is 0. The summed E-state index contributed by atoms with van der Waals surface area (Å²) in [6, 6.07) is 12.7. The van der Waals surface area contributed by atoms with Crippen molar-refractivity contribution in [2.45, 2.75) is 11.4 Å². The van der Waals surface area contributed by atoms with Gasteiger partial charge in [0.2, 0.25) is 10.0 Å². The molecule has 0 aliphatic heterocycles. The Kier molecular flexibility index (Phi) is 5.71. The molecule has 2 N–H and O–H groups in total. The van der Waals surface area contributed by atoms with Gasteiger partial charge in [0, 0.05) is 19.2 Å². The van der Waals surface area contributed by atoms with Gasteiger partial charge in [-0.05, 0) is 42.5 Å². The Morgan fingerprint density at radius 2 is 2.00 bits per heavy atom. The second-order valence-corrected chi connectivity index (χ2v) is 8.38. The van der Waals surface area contributed by atoms with E-state index in [0.29, 0.717) is 33.8 Å². The summed E-state index contributed by atoms with van der Waals surface area (Å²) in [4.78, 5) is 17.1. The van der Waals surface area contributed by atoms with E-state index >= 15 is 0 Å². The molecule has 3 rings (SSSR count). The molecule has 1 aromatic heterocycles. The van der Waals surface area contributed by atoms with Crippen molar-refractivity contribution >= 4 is 37.5 Å². The zero-order chi connectivity index (χ0) is 20.3. The van der Waals surface area contributed by atoms with Crippen molar-refractivity contribution in [3.05, 3.63) is 58.4 Å². The molecule has 3 aromatic rings. The van der Waals surface area contributed by atoms with Gasteiger partial charge in [-0.2, -0.15) is 10.3 Å². The van der Waals surface area contributed by atoms with Crippen molar-refractivity contribution in [3.63, 3.8) is 0 Å². The van der Waals surface area contributed by atoms with Crippen LogP contribution >= 0.6 is 11.3 Å². The van der Waals surface area contributed by atoms with Crippen LogP contribution in [0.4, 0.5) is 0 Å². The number of sulfonamides is 1. The average Bonchev–Trinajstić information content (AvgIpc) is 3.01. The molecule has 8 nitrogen and oxygen atoms in total. The quantitative estimate of drug-likeness (QED) is 0.676. The normalized spacial score (nSPS) is 12.2. The molecule has 0 spiro atoms. The van der Waals surface area contributed by atoms with Crippen molar-refractivity contribution in [1.82, 2.24) is 4.57 Å². The number of nitriles is 1. The third-order valence-corrected chi connectivity index (χ3v) is 5.91. The van der Waals surface area contributed by atoms with Crippen molar-refractivity contribution in [3.8, 4) is 6.07 Å². The maximum Gasteiger partial charge on any atom is 0.279 e. The molecular formula is C18H16N4O4S2. The Hall–Kier alpha value is -2.84. The molecule has 1 amide bonds. The smallest absolute Gasteiger partial charge is 0.279 e. The Balaban J connectivity index is 2.12. The minimum Gasteiger partial charge on any atom is -0.383 e. The van der Waals surface area contributed by atoms with Crippen LogP contribution in [0.5, 0.6) is 0 Å². The molecule has 0 saturated heterocycles. The molecule has 0 aliphatic carbocycles. The molecule has 144 valence electrons. The van der Waals surface area contributed by atoms with E-state index in [1.807, 2.05) is 6.07 Å². The predicted octanol–water partition coefficient (Wildman–Crippen LogP) is 1.61. The average molecular weight is 416 g/mol. The molecule has 0 unspecified atom stereocenters. The van der Waals surface area contributed by atoms with Crippen LogP contribution in [0.1, 0.15) is 15.9 Å². The summed E-state index contributed by atoms with van der Waals surface area (Å²) < 4.78 is 30.8. The topological polar surface area (TPSA) is 128 Å². The molecular weight excluding hydrogens is 400 g/mol. The number of fused-ring (bicyclic) bond motifs is 1. The molecule has 0 fully saturated rings. The first kappa shape index (κ1) is 19.9. The Morgan fingerprint density at radius 1 is 1.29 bits per heavy atom. The second-order valence-electron chi connectivity index (χ2n) is 5.81. The first-order chi connectivity index (χ1) is 13.3. The molecule has 0 radical (unpaired) electrons. The largest absolute Gasteiger partial charge is 0.383 e. The van der Waals surface area contributed by atoms with Gasteiger partial charge in [0.1, 0.15) is 0 Å². The molecule has 0 bridgehead atoms. The van der Waals surface area contributed by atoms with Crippen LogP contribution in [0.2, 0.25) is 0 Å². The summed E-state index contributed by atoms with van der Waals surface area (Å²) in [5.74, 6) is -0.464. The van der Waals surface area contributed by atoms with Gasteiger partial charge in [-0.3, -0.25) is 4.79 Å². The number of primary sulfonamides is 1. The monoisotopic (exact) mass is 416 g/mol. The summed E-state index contributed by atoms with van der Waals surface area (Å²) >= 11 is 1.18. The van der Waals surface area contributed by atoms with E-state index in [2.05, 4.69) is 4.99 Å².